The van der Waals surface area contributed by atoms with Crippen LogP contribution in [0.25, 0.3) is 0 Å². The van der Waals surface area contributed by atoms with Crippen molar-refractivity contribution in [1.82, 2.24) is 10.2 Å². The number of nitrogens with zero attached hydrogens (tertiary/aromatic N) is 1. The lowest BCUT2D eigenvalue weighted by atomic mass is 10.0. The molecule has 7 heteroatoms. The lowest BCUT2D eigenvalue weighted by Crippen LogP contribution is -2.50. The highest BCUT2D eigenvalue weighted by Crippen LogP contribution is 2.26. The summed E-state index contributed by atoms with van der Waals surface area (Å²) >= 11 is 3.25. The molecule has 1 aliphatic rings. The van der Waals surface area contributed by atoms with Crippen molar-refractivity contribution < 1.29 is 18.7 Å². The number of rotatable bonds is 8. The fourth-order valence-corrected chi connectivity index (χ4v) is 3.47. The Morgan fingerprint density at radius 1 is 1.35 bits per heavy atom. The number of ether oxygens (including phenoxy) is 2. The summed E-state index contributed by atoms with van der Waals surface area (Å²) in [6.45, 7) is 9.90. The Kier molecular flexibility index (Phi) is 8.31. The van der Waals surface area contributed by atoms with Crippen LogP contribution in [0.3, 0.4) is 0 Å². The van der Waals surface area contributed by atoms with Crippen molar-refractivity contribution in [2.75, 3.05) is 32.8 Å². The molecule has 0 bridgehead atoms. The molecular weight excluding hydrogens is 403 g/mol. The molecule has 1 saturated heterocycles. The van der Waals surface area contributed by atoms with Crippen LogP contribution in [0.5, 0.6) is 5.75 Å². The van der Waals surface area contributed by atoms with Gasteiger partial charge in [0.25, 0.3) is 5.91 Å². The van der Waals surface area contributed by atoms with Gasteiger partial charge in [0.05, 0.1) is 17.7 Å². The van der Waals surface area contributed by atoms with Gasteiger partial charge in [-0.1, -0.05) is 13.8 Å². The number of amides is 1. The summed E-state index contributed by atoms with van der Waals surface area (Å²) in [5.41, 5.74) is 0. The Labute approximate surface area is 163 Å². The van der Waals surface area contributed by atoms with Gasteiger partial charge in [-0.2, -0.15) is 0 Å². The van der Waals surface area contributed by atoms with Crippen LogP contribution in [0.1, 0.15) is 27.2 Å². The first kappa shape index (κ1) is 21.1. The maximum atomic E-state index is 13.2. The van der Waals surface area contributed by atoms with E-state index >= 15 is 0 Å². The third-order valence-electron chi connectivity index (χ3n) is 4.38. The molecule has 1 aromatic rings. The minimum atomic E-state index is -0.666. The van der Waals surface area contributed by atoms with Crippen LogP contribution >= 0.6 is 15.9 Å². The fraction of sp³-hybridized carbons (Fsp3) is 0.632. The van der Waals surface area contributed by atoms with Crippen molar-refractivity contribution in [2.45, 2.75) is 39.3 Å². The van der Waals surface area contributed by atoms with E-state index in [1.165, 1.54) is 18.2 Å². The Bertz CT molecular complexity index is 594. The average Bonchev–Trinajstić information content (AvgIpc) is 2.61. The number of hydrogen-bond acceptors (Lipinski definition) is 4. The van der Waals surface area contributed by atoms with Crippen molar-refractivity contribution in [3.63, 3.8) is 0 Å². The molecule has 5 nitrogen and oxygen atoms in total. The van der Waals surface area contributed by atoms with Gasteiger partial charge >= 0.3 is 0 Å². The van der Waals surface area contributed by atoms with E-state index in [1.807, 2.05) is 0 Å². The Balaban J connectivity index is 1.89. The molecule has 1 amide bonds. The van der Waals surface area contributed by atoms with E-state index in [9.17, 15) is 9.18 Å². The molecular formula is C19H28BrFN2O3. The SMILES string of the molecule is CC(C)CC(CNC(=O)C(C)Oc1ccc(F)cc1Br)N1CCOCC1. The summed E-state index contributed by atoms with van der Waals surface area (Å²) in [5, 5.41) is 3.00. The quantitative estimate of drug-likeness (QED) is 0.687. The second-order valence-electron chi connectivity index (χ2n) is 7.01. The zero-order valence-electron chi connectivity index (χ0n) is 15.6. The Hall–Kier alpha value is -1.18. The van der Waals surface area contributed by atoms with E-state index in [1.54, 1.807) is 6.92 Å². The number of hydrogen-bond donors (Lipinski definition) is 1. The number of benzene rings is 1. The average molecular weight is 431 g/mol. The van der Waals surface area contributed by atoms with Gasteiger partial charge < -0.3 is 14.8 Å². The highest BCUT2D eigenvalue weighted by atomic mass is 79.9. The topological polar surface area (TPSA) is 50.8 Å². The van der Waals surface area contributed by atoms with Crippen LogP contribution in [-0.4, -0.2) is 55.8 Å². The Morgan fingerprint density at radius 3 is 2.65 bits per heavy atom. The van der Waals surface area contributed by atoms with Crippen LogP contribution in [-0.2, 0) is 9.53 Å². The Morgan fingerprint density at radius 2 is 2.04 bits per heavy atom. The van der Waals surface area contributed by atoms with Crippen molar-refractivity contribution in [3.8, 4) is 5.75 Å². The maximum Gasteiger partial charge on any atom is 0.260 e. The van der Waals surface area contributed by atoms with E-state index in [0.29, 0.717) is 22.7 Å². The van der Waals surface area contributed by atoms with Gasteiger partial charge in [0.1, 0.15) is 11.6 Å². The summed E-state index contributed by atoms with van der Waals surface area (Å²) in [7, 11) is 0. The molecule has 146 valence electrons. The molecule has 0 spiro atoms. The van der Waals surface area contributed by atoms with Crippen molar-refractivity contribution in [3.05, 3.63) is 28.5 Å². The van der Waals surface area contributed by atoms with E-state index in [2.05, 4.69) is 40.0 Å². The highest BCUT2D eigenvalue weighted by Gasteiger charge is 2.24. The maximum absolute atomic E-state index is 13.2. The van der Waals surface area contributed by atoms with Gasteiger partial charge in [-0.3, -0.25) is 9.69 Å². The molecule has 1 fully saturated rings. The zero-order chi connectivity index (χ0) is 19.1. The second kappa shape index (κ2) is 10.2. The van der Waals surface area contributed by atoms with Crippen LogP contribution in [0.2, 0.25) is 0 Å². The zero-order valence-corrected chi connectivity index (χ0v) is 17.2. The van der Waals surface area contributed by atoms with Crippen LogP contribution in [0.15, 0.2) is 22.7 Å². The molecule has 26 heavy (non-hydrogen) atoms. The predicted octanol–water partition coefficient (Wildman–Crippen LogP) is 3.22. The lowest BCUT2D eigenvalue weighted by Gasteiger charge is -2.35. The van der Waals surface area contributed by atoms with Gasteiger partial charge in [0.2, 0.25) is 0 Å². The lowest BCUT2D eigenvalue weighted by molar-refractivity contribution is -0.127. The van der Waals surface area contributed by atoms with E-state index < -0.39 is 6.10 Å². The summed E-state index contributed by atoms with van der Waals surface area (Å²) < 4.78 is 24.7. The molecule has 1 heterocycles. The molecule has 0 saturated carbocycles. The van der Waals surface area contributed by atoms with Gasteiger partial charge in [-0.15, -0.1) is 0 Å². The smallest absolute Gasteiger partial charge is 0.260 e. The van der Waals surface area contributed by atoms with Gasteiger partial charge in [0.15, 0.2) is 6.10 Å². The van der Waals surface area contributed by atoms with Gasteiger partial charge in [-0.25, -0.2) is 4.39 Å². The summed E-state index contributed by atoms with van der Waals surface area (Å²) in [4.78, 5) is 14.8. The summed E-state index contributed by atoms with van der Waals surface area (Å²) in [5.74, 6) is 0.455. The molecule has 0 aromatic heterocycles. The third kappa shape index (κ3) is 6.52. The number of nitrogens with one attached hydrogen (secondary N) is 1. The summed E-state index contributed by atoms with van der Waals surface area (Å²) in [6.07, 6.45) is 0.347. The molecule has 0 radical (unpaired) electrons. The van der Waals surface area contributed by atoms with Gasteiger partial charge in [-0.05, 0) is 53.4 Å². The third-order valence-corrected chi connectivity index (χ3v) is 5.00. The minimum Gasteiger partial charge on any atom is -0.480 e. The number of morpholine rings is 1. The number of carbonyl (C=O) groups is 1. The monoisotopic (exact) mass is 430 g/mol. The number of halogens is 2. The first-order chi connectivity index (χ1) is 12.4. The molecule has 0 aliphatic carbocycles. The minimum absolute atomic E-state index is 0.178. The number of carbonyl (C=O) groups excluding carboxylic acids is 1. The molecule has 2 unspecified atom stereocenters. The molecule has 2 atom stereocenters. The summed E-state index contributed by atoms with van der Waals surface area (Å²) in [6, 6.07) is 4.42. The van der Waals surface area contributed by atoms with Crippen LogP contribution in [0, 0.1) is 11.7 Å². The standard InChI is InChI=1S/C19H28BrFN2O3/c1-13(2)10-16(23-6-8-25-9-7-23)12-22-19(24)14(3)26-18-5-4-15(21)11-17(18)20/h4-5,11,13-14,16H,6-10,12H2,1-3H3,(H,22,24). The second-order valence-corrected chi connectivity index (χ2v) is 7.87. The van der Waals surface area contributed by atoms with Crippen molar-refractivity contribution >= 4 is 21.8 Å². The first-order valence-electron chi connectivity index (χ1n) is 9.08. The van der Waals surface area contributed by atoms with Gasteiger partial charge in [0, 0.05) is 25.7 Å². The van der Waals surface area contributed by atoms with Crippen molar-refractivity contribution in [2.24, 2.45) is 5.92 Å². The van der Waals surface area contributed by atoms with Crippen LogP contribution in [0.4, 0.5) is 4.39 Å². The van der Waals surface area contributed by atoms with E-state index in [0.717, 1.165) is 32.7 Å². The molecule has 1 N–H and O–H groups in total. The van der Waals surface area contributed by atoms with Crippen LogP contribution < -0.4 is 10.1 Å². The fourth-order valence-electron chi connectivity index (χ4n) is 3.03. The van der Waals surface area contributed by atoms with Crippen molar-refractivity contribution in [1.29, 1.82) is 0 Å². The molecule has 1 aliphatic heterocycles. The first-order valence-corrected chi connectivity index (χ1v) is 9.87. The predicted molar refractivity (Wildman–Crippen MR) is 103 cm³/mol. The molecule has 1 aromatic carbocycles. The largest absolute Gasteiger partial charge is 0.480 e. The van der Waals surface area contributed by atoms with E-state index in [-0.39, 0.29) is 17.8 Å². The normalized spacial score (nSPS) is 17.8. The van der Waals surface area contributed by atoms with E-state index in [4.69, 9.17) is 9.47 Å². The highest BCUT2D eigenvalue weighted by molar-refractivity contribution is 9.10. The molecule has 2 rings (SSSR count).